The van der Waals surface area contributed by atoms with Gasteiger partial charge < -0.3 is 14.4 Å². The Morgan fingerprint density at radius 1 is 0.471 bits per heavy atom. The lowest BCUT2D eigenvalue weighted by Gasteiger charge is -2.52. The van der Waals surface area contributed by atoms with Crippen molar-refractivity contribution >= 4 is 73.3 Å². The van der Waals surface area contributed by atoms with Crippen LogP contribution in [0.15, 0.2) is 194 Å². The second kappa shape index (κ2) is 14.5. The summed E-state index contributed by atoms with van der Waals surface area (Å²) in [5, 5.41) is 2.58. The second-order valence-electron chi connectivity index (χ2n) is 20.6. The molecule has 3 nitrogen and oxygen atoms in total. The molecule has 0 spiro atoms. The fraction of sp³-hybridized carbons (Fsp3) is 0.156. The van der Waals surface area contributed by atoms with E-state index in [0.717, 1.165) is 24.2 Å². The summed E-state index contributed by atoms with van der Waals surface area (Å²) in [5.74, 6) is 0. The molecule has 9 aromatic carbocycles. The van der Waals surface area contributed by atoms with Crippen LogP contribution in [0.3, 0.4) is 0 Å². The van der Waals surface area contributed by atoms with Crippen molar-refractivity contribution in [2.24, 2.45) is 0 Å². The summed E-state index contributed by atoms with van der Waals surface area (Å²) in [6.07, 6.45) is 4.76. The van der Waals surface area contributed by atoms with E-state index in [4.69, 9.17) is 0 Å². The van der Waals surface area contributed by atoms with Gasteiger partial charge in [0.1, 0.15) is 0 Å². The monoisotopic (exact) mass is 873 g/mol. The minimum Gasteiger partial charge on any atom is -0.335 e. The molecule has 0 saturated heterocycles. The summed E-state index contributed by atoms with van der Waals surface area (Å²) in [4.78, 5) is 5.40. The standard InChI is InChI=1S/C64H52BN3/c1-41-18-16-26-49(32-41)66(50-27-17-19-42(2)33-50)51-39-58-60-59(40-51)68-62-54(63(3)30-14-15-31-64(63,68)4)36-48(45-24-12-7-13-25-45)38-56(62)65(60)55-37-47(44-22-10-6-11-23-44)35-53-52-34-46(43-20-8-5-9-21-43)28-29-57(52)67(58)61(53)55/h5-13,16-29,32-40H,14-15,30-31H2,1-4H3. The number of hydrogen-bond donors (Lipinski definition) is 0. The molecular weight excluding hydrogens is 822 g/mol. The Hall–Kier alpha value is -7.56. The Morgan fingerprint density at radius 2 is 1.04 bits per heavy atom. The highest BCUT2D eigenvalue weighted by Gasteiger charge is 2.61. The van der Waals surface area contributed by atoms with Gasteiger partial charge in [0, 0.05) is 50.1 Å². The molecule has 1 aromatic heterocycles. The zero-order valence-corrected chi connectivity index (χ0v) is 39.2. The van der Waals surface area contributed by atoms with Crippen LogP contribution in [0.1, 0.15) is 56.2 Å². The van der Waals surface area contributed by atoms with Gasteiger partial charge in [-0.1, -0.05) is 153 Å². The maximum absolute atomic E-state index is 2.89. The number of fused-ring (bicyclic) bond motifs is 10. The molecule has 1 aliphatic carbocycles. The molecule has 1 fully saturated rings. The van der Waals surface area contributed by atoms with E-state index in [1.54, 1.807) is 0 Å². The van der Waals surface area contributed by atoms with Crippen LogP contribution in [0.5, 0.6) is 0 Å². The number of rotatable bonds is 6. The first-order chi connectivity index (χ1) is 33.3. The lowest BCUT2D eigenvalue weighted by Crippen LogP contribution is -2.64. The molecule has 0 amide bonds. The Bertz CT molecular complexity index is 3660. The Morgan fingerprint density at radius 3 is 1.69 bits per heavy atom. The molecule has 68 heavy (non-hydrogen) atoms. The van der Waals surface area contributed by atoms with E-state index in [0.29, 0.717) is 0 Å². The maximum atomic E-state index is 2.89. The van der Waals surface area contributed by atoms with Gasteiger partial charge in [-0.2, -0.15) is 0 Å². The van der Waals surface area contributed by atoms with Crippen LogP contribution < -0.4 is 26.2 Å². The van der Waals surface area contributed by atoms with Crippen LogP contribution in [0.25, 0.3) is 60.9 Å². The maximum Gasteiger partial charge on any atom is 0.252 e. The number of hydrogen-bond acceptors (Lipinski definition) is 2. The molecule has 2 atom stereocenters. The topological polar surface area (TPSA) is 11.4 Å². The smallest absolute Gasteiger partial charge is 0.252 e. The average molecular weight is 874 g/mol. The van der Waals surface area contributed by atoms with Crippen molar-refractivity contribution < 1.29 is 0 Å². The third kappa shape index (κ3) is 5.49. The molecule has 10 aromatic rings. The summed E-state index contributed by atoms with van der Waals surface area (Å²) in [5.41, 5.74) is 25.7. The van der Waals surface area contributed by atoms with Crippen LogP contribution >= 0.6 is 0 Å². The summed E-state index contributed by atoms with van der Waals surface area (Å²) >= 11 is 0. The molecule has 1 saturated carbocycles. The molecule has 3 aliphatic heterocycles. The minimum atomic E-state index is -0.142. The quantitative estimate of drug-likeness (QED) is 0.154. The molecule has 4 aliphatic rings. The molecular formula is C64H52BN3. The van der Waals surface area contributed by atoms with Gasteiger partial charge in [0.15, 0.2) is 0 Å². The molecule has 4 heteroatoms. The highest BCUT2D eigenvalue weighted by molar-refractivity contribution is 7.00. The summed E-state index contributed by atoms with van der Waals surface area (Å²) in [6, 6.07) is 73.8. The zero-order chi connectivity index (χ0) is 45.5. The first-order valence-electron chi connectivity index (χ1n) is 24.7. The van der Waals surface area contributed by atoms with Crippen LogP contribution in [-0.4, -0.2) is 16.8 Å². The Balaban J connectivity index is 1.16. The van der Waals surface area contributed by atoms with Gasteiger partial charge >= 0.3 is 0 Å². The first-order valence-corrected chi connectivity index (χ1v) is 24.7. The van der Waals surface area contributed by atoms with Gasteiger partial charge in [0.2, 0.25) is 0 Å². The molecule has 14 rings (SSSR count). The Kier molecular flexibility index (Phi) is 8.43. The second-order valence-corrected chi connectivity index (χ2v) is 20.6. The van der Waals surface area contributed by atoms with Crippen molar-refractivity contribution in [3.05, 3.63) is 211 Å². The van der Waals surface area contributed by atoms with E-state index in [-0.39, 0.29) is 17.7 Å². The van der Waals surface area contributed by atoms with Gasteiger partial charge in [-0.25, -0.2) is 0 Å². The van der Waals surface area contributed by atoms with E-state index >= 15 is 0 Å². The van der Waals surface area contributed by atoms with E-state index < -0.39 is 0 Å². The highest BCUT2D eigenvalue weighted by atomic mass is 15.3. The predicted molar refractivity (Wildman–Crippen MR) is 289 cm³/mol. The molecule has 2 unspecified atom stereocenters. The number of aryl methyl sites for hydroxylation is 2. The third-order valence-corrected chi connectivity index (χ3v) is 16.7. The van der Waals surface area contributed by atoms with Crippen LogP contribution in [0.4, 0.5) is 28.4 Å². The van der Waals surface area contributed by atoms with Crippen LogP contribution in [-0.2, 0) is 5.41 Å². The van der Waals surface area contributed by atoms with Gasteiger partial charge in [-0.3, -0.25) is 0 Å². The van der Waals surface area contributed by atoms with Crippen molar-refractivity contribution in [2.45, 2.75) is 64.3 Å². The lowest BCUT2D eigenvalue weighted by molar-refractivity contribution is 0.195. The van der Waals surface area contributed by atoms with Crippen molar-refractivity contribution in [1.82, 2.24) is 4.57 Å². The van der Waals surface area contributed by atoms with Gasteiger partial charge in [0.25, 0.3) is 6.71 Å². The molecule has 0 bridgehead atoms. The first kappa shape index (κ1) is 39.6. The highest BCUT2D eigenvalue weighted by Crippen LogP contribution is 2.62. The fourth-order valence-corrected chi connectivity index (χ4v) is 13.4. The van der Waals surface area contributed by atoms with Crippen LogP contribution in [0.2, 0.25) is 0 Å². The SMILES string of the molecule is Cc1cccc(N(c2cccc(C)c2)c2cc3c4c(c2)-n2c5ccc(-c6ccccc6)cc5c5cc(-c6ccccc6)cc(c52)B4c2cc(-c4ccccc4)cc4c2N3C2(C)CCCCC42C)c1. The minimum absolute atomic E-state index is 0.00183. The third-order valence-electron chi connectivity index (χ3n) is 16.7. The largest absolute Gasteiger partial charge is 0.335 e. The summed E-state index contributed by atoms with van der Waals surface area (Å²) < 4.78 is 2.67. The number of benzene rings is 9. The fourth-order valence-electron chi connectivity index (χ4n) is 13.4. The summed E-state index contributed by atoms with van der Waals surface area (Å²) in [7, 11) is 0. The normalized spacial score (nSPS) is 18.4. The van der Waals surface area contributed by atoms with E-state index in [2.05, 4.69) is 236 Å². The van der Waals surface area contributed by atoms with Gasteiger partial charge in [-0.05, 0) is 161 Å². The number of anilines is 5. The molecule has 4 heterocycles. The van der Waals surface area contributed by atoms with E-state index in [1.165, 1.54) is 124 Å². The van der Waals surface area contributed by atoms with Crippen LogP contribution in [0, 0.1) is 13.8 Å². The molecule has 326 valence electrons. The molecule has 0 N–H and O–H groups in total. The number of nitrogens with zero attached hydrogens (tertiary/aromatic N) is 3. The lowest BCUT2D eigenvalue weighted by atomic mass is 9.33. The van der Waals surface area contributed by atoms with Crippen molar-refractivity contribution in [3.63, 3.8) is 0 Å². The van der Waals surface area contributed by atoms with Crippen molar-refractivity contribution in [1.29, 1.82) is 0 Å². The van der Waals surface area contributed by atoms with Crippen molar-refractivity contribution in [2.75, 3.05) is 9.80 Å². The van der Waals surface area contributed by atoms with E-state index in [1.807, 2.05) is 0 Å². The average Bonchev–Trinajstić information content (AvgIpc) is 3.81. The Labute approximate surface area is 400 Å². The van der Waals surface area contributed by atoms with Crippen molar-refractivity contribution in [3.8, 4) is 39.1 Å². The van der Waals surface area contributed by atoms with Gasteiger partial charge in [0.05, 0.1) is 16.7 Å². The summed E-state index contributed by atoms with van der Waals surface area (Å²) in [6.45, 7) is 9.63. The van der Waals surface area contributed by atoms with Gasteiger partial charge in [-0.15, -0.1) is 0 Å². The number of aromatic nitrogens is 1. The molecule has 0 radical (unpaired) electrons. The zero-order valence-electron chi connectivity index (χ0n) is 39.2. The predicted octanol–water partition coefficient (Wildman–Crippen LogP) is 14.8. The van der Waals surface area contributed by atoms with E-state index in [9.17, 15) is 0 Å².